The Kier molecular flexibility index (Phi) is 5.71. The van der Waals surface area contributed by atoms with Crippen molar-refractivity contribution in [3.05, 3.63) is 66.0 Å². The Hall–Kier alpha value is -2.50. The van der Waals surface area contributed by atoms with Gasteiger partial charge in [-0.2, -0.15) is 0 Å². The maximum Gasteiger partial charge on any atom is 0.119 e. The summed E-state index contributed by atoms with van der Waals surface area (Å²) >= 11 is 0. The predicted octanol–water partition coefficient (Wildman–Crippen LogP) is 2.60. The number of hydrogen-bond acceptors (Lipinski definition) is 5. The summed E-state index contributed by atoms with van der Waals surface area (Å²) in [7, 11) is 0. The second kappa shape index (κ2) is 8.38. The van der Waals surface area contributed by atoms with Crippen LogP contribution >= 0.6 is 0 Å². The Balaban J connectivity index is 1.37. The first-order valence-electron chi connectivity index (χ1n) is 8.07. The highest BCUT2D eigenvalue weighted by Gasteiger charge is 2.06. The molecule has 2 aromatic rings. The average molecular weight is 323 g/mol. The van der Waals surface area contributed by atoms with Crippen LogP contribution in [0, 0.1) is 0 Å². The molecule has 1 aliphatic heterocycles. The van der Waals surface area contributed by atoms with Gasteiger partial charge in [-0.3, -0.25) is 9.98 Å². The molecule has 0 amide bonds. The molecule has 2 heterocycles. The number of allylic oxidation sites excluding steroid dienone is 1. The van der Waals surface area contributed by atoms with Gasteiger partial charge in [0.15, 0.2) is 0 Å². The molecule has 24 heavy (non-hydrogen) atoms. The van der Waals surface area contributed by atoms with Gasteiger partial charge in [0.2, 0.25) is 0 Å². The van der Waals surface area contributed by atoms with Crippen molar-refractivity contribution in [2.24, 2.45) is 4.99 Å². The molecule has 1 aliphatic rings. The number of nitrogens with one attached hydrogen (secondary N) is 1. The van der Waals surface area contributed by atoms with E-state index in [2.05, 4.69) is 21.4 Å². The molecule has 0 fully saturated rings. The highest BCUT2D eigenvalue weighted by molar-refractivity contribution is 5.81. The number of aromatic nitrogens is 1. The van der Waals surface area contributed by atoms with Crippen molar-refractivity contribution in [2.45, 2.75) is 12.5 Å². The zero-order valence-electron chi connectivity index (χ0n) is 13.4. The molecule has 1 aromatic heterocycles. The maximum atomic E-state index is 10.0. The standard InChI is InChI=1S/C19H21N3O2/c23-19(16-3-1-9-20-13-16)14-21-11-12-24-17-7-5-15(6-8-17)18-4-2-10-22-18/h1,3-10,13,19,21,23H,2,11-12,14H2. The van der Waals surface area contributed by atoms with Gasteiger partial charge in [0.05, 0.1) is 11.8 Å². The maximum absolute atomic E-state index is 10.0. The number of nitrogens with zero attached hydrogens (tertiary/aromatic N) is 2. The van der Waals surface area contributed by atoms with E-state index in [0.29, 0.717) is 19.7 Å². The van der Waals surface area contributed by atoms with E-state index in [1.807, 2.05) is 42.6 Å². The van der Waals surface area contributed by atoms with E-state index < -0.39 is 6.10 Å². The molecule has 3 rings (SSSR count). The second-order valence-electron chi connectivity index (χ2n) is 5.52. The second-order valence-corrected chi connectivity index (χ2v) is 5.52. The van der Waals surface area contributed by atoms with Gasteiger partial charge in [0.25, 0.3) is 0 Å². The summed E-state index contributed by atoms with van der Waals surface area (Å²) in [5, 5.41) is 13.2. The quantitative estimate of drug-likeness (QED) is 0.733. The Morgan fingerprint density at radius 1 is 1.21 bits per heavy atom. The Labute approximate surface area is 141 Å². The van der Waals surface area contributed by atoms with Gasteiger partial charge >= 0.3 is 0 Å². The minimum Gasteiger partial charge on any atom is -0.492 e. The number of ether oxygens (including phenoxy) is 1. The van der Waals surface area contributed by atoms with Crippen LogP contribution in [-0.4, -0.2) is 36.0 Å². The molecular weight excluding hydrogens is 302 g/mol. The number of benzene rings is 1. The summed E-state index contributed by atoms with van der Waals surface area (Å²) < 4.78 is 5.70. The van der Waals surface area contributed by atoms with Crippen LogP contribution in [0.3, 0.4) is 0 Å². The van der Waals surface area contributed by atoms with Crippen LogP contribution in [0.5, 0.6) is 5.75 Å². The van der Waals surface area contributed by atoms with Crippen molar-refractivity contribution in [2.75, 3.05) is 19.7 Å². The lowest BCUT2D eigenvalue weighted by atomic mass is 10.1. The molecule has 0 spiro atoms. The van der Waals surface area contributed by atoms with Crippen LogP contribution in [0.15, 0.2) is 59.9 Å². The SMILES string of the molecule is OC(CNCCOc1ccc(C2=CCC=N2)cc1)c1cccnc1. The van der Waals surface area contributed by atoms with Gasteiger partial charge in [-0.25, -0.2) is 0 Å². The molecule has 1 atom stereocenters. The molecule has 5 heteroatoms. The number of aliphatic hydroxyl groups excluding tert-OH is 1. The average Bonchev–Trinajstić information content (AvgIpc) is 3.17. The van der Waals surface area contributed by atoms with Gasteiger partial charge in [-0.15, -0.1) is 0 Å². The van der Waals surface area contributed by atoms with E-state index in [-0.39, 0.29) is 0 Å². The molecule has 2 N–H and O–H groups in total. The normalized spacial score (nSPS) is 14.5. The third-order valence-electron chi connectivity index (χ3n) is 3.75. The van der Waals surface area contributed by atoms with Crippen molar-refractivity contribution in [1.29, 1.82) is 0 Å². The van der Waals surface area contributed by atoms with Gasteiger partial charge in [0.1, 0.15) is 12.4 Å². The fourth-order valence-corrected chi connectivity index (χ4v) is 2.45. The molecule has 5 nitrogen and oxygen atoms in total. The summed E-state index contributed by atoms with van der Waals surface area (Å²) in [5.41, 5.74) is 2.94. The monoisotopic (exact) mass is 323 g/mol. The lowest BCUT2D eigenvalue weighted by molar-refractivity contribution is 0.171. The molecule has 124 valence electrons. The van der Waals surface area contributed by atoms with Crippen molar-refractivity contribution < 1.29 is 9.84 Å². The summed E-state index contributed by atoms with van der Waals surface area (Å²) in [6.45, 7) is 1.68. The third kappa shape index (κ3) is 4.50. The van der Waals surface area contributed by atoms with Crippen LogP contribution in [-0.2, 0) is 0 Å². The molecule has 1 aromatic carbocycles. The highest BCUT2D eigenvalue weighted by Crippen LogP contribution is 2.22. The van der Waals surface area contributed by atoms with Gasteiger partial charge in [-0.05, 0) is 30.3 Å². The summed E-state index contributed by atoms with van der Waals surface area (Å²) in [5.74, 6) is 0.830. The molecule has 0 aliphatic carbocycles. The third-order valence-corrected chi connectivity index (χ3v) is 3.75. The fourth-order valence-electron chi connectivity index (χ4n) is 2.45. The Morgan fingerprint density at radius 2 is 2.08 bits per heavy atom. The van der Waals surface area contributed by atoms with E-state index in [1.54, 1.807) is 12.4 Å². The molecule has 0 saturated carbocycles. The summed E-state index contributed by atoms with van der Waals surface area (Å²) in [4.78, 5) is 8.32. The molecular formula is C19H21N3O2. The van der Waals surface area contributed by atoms with Gasteiger partial charge < -0.3 is 15.2 Å². The summed E-state index contributed by atoms with van der Waals surface area (Å²) in [6.07, 6.45) is 7.73. The minimum atomic E-state index is -0.557. The first-order valence-corrected chi connectivity index (χ1v) is 8.07. The van der Waals surface area contributed by atoms with Crippen LogP contribution in [0.2, 0.25) is 0 Å². The predicted molar refractivity (Wildman–Crippen MR) is 95.1 cm³/mol. The van der Waals surface area contributed by atoms with Gasteiger partial charge in [0, 0.05) is 49.2 Å². The molecule has 0 bridgehead atoms. The van der Waals surface area contributed by atoms with Crippen LogP contribution < -0.4 is 10.1 Å². The fraction of sp³-hybridized carbons (Fsp3) is 0.263. The van der Waals surface area contributed by atoms with E-state index in [1.165, 1.54) is 0 Å². The number of aliphatic imine (C=N–C) groups is 1. The Bertz CT molecular complexity index is 696. The van der Waals surface area contributed by atoms with Crippen LogP contribution in [0.1, 0.15) is 23.7 Å². The zero-order valence-corrected chi connectivity index (χ0v) is 13.4. The van der Waals surface area contributed by atoms with E-state index in [9.17, 15) is 5.11 Å². The van der Waals surface area contributed by atoms with Crippen molar-refractivity contribution in [3.63, 3.8) is 0 Å². The lowest BCUT2D eigenvalue weighted by Crippen LogP contribution is -2.26. The van der Waals surface area contributed by atoms with Crippen molar-refractivity contribution >= 4 is 11.9 Å². The van der Waals surface area contributed by atoms with E-state index >= 15 is 0 Å². The molecule has 1 unspecified atom stereocenters. The van der Waals surface area contributed by atoms with Gasteiger partial charge in [-0.1, -0.05) is 12.1 Å². The zero-order chi connectivity index (χ0) is 16.6. The minimum absolute atomic E-state index is 0.472. The largest absolute Gasteiger partial charge is 0.492 e. The van der Waals surface area contributed by atoms with E-state index in [0.717, 1.165) is 29.0 Å². The Morgan fingerprint density at radius 3 is 2.79 bits per heavy atom. The van der Waals surface area contributed by atoms with Crippen molar-refractivity contribution in [1.82, 2.24) is 10.3 Å². The molecule has 0 saturated heterocycles. The number of hydrogen-bond donors (Lipinski definition) is 2. The topological polar surface area (TPSA) is 66.7 Å². The van der Waals surface area contributed by atoms with Crippen LogP contribution in [0.4, 0.5) is 0 Å². The smallest absolute Gasteiger partial charge is 0.119 e. The number of aliphatic hydroxyl groups is 1. The van der Waals surface area contributed by atoms with Crippen LogP contribution in [0.25, 0.3) is 5.70 Å². The van der Waals surface area contributed by atoms with E-state index in [4.69, 9.17) is 4.74 Å². The highest BCUT2D eigenvalue weighted by atomic mass is 16.5. The van der Waals surface area contributed by atoms with Crippen molar-refractivity contribution in [3.8, 4) is 5.75 Å². The first kappa shape index (κ1) is 16.4. The lowest BCUT2D eigenvalue weighted by Gasteiger charge is -2.12. The number of rotatable bonds is 8. The summed E-state index contributed by atoms with van der Waals surface area (Å²) in [6, 6.07) is 11.6. The molecule has 0 radical (unpaired) electrons. The first-order chi connectivity index (χ1) is 11.8. The number of pyridine rings is 1.